The maximum absolute atomic E-state index is 11.5. The number of nitrogens with zero attached hydrogens (tertiary/aromatic N) is 1. The average molecular weight is 179 g/mol. The molecule has 13 heavy (non-hydrogen) atoms. The van der Waals surface area contributed by atoms with E-state index in [4.69, 9.17) is 0 Å². The number of amides is 1. The zero-order chi connectivity index (χ0) is 9.26. The van der Waals surface area contributed by atoms with Gasteiger partial charge in [-0.25, -0.2) is 0 Å². The predicted octanol–water partition coefficient (Wildman–Crippen LogP) is 0.0585. The summed E-state index contributed by atoms with van der Waals surface area (Å²) in [6.07, 6.45) is 1.75. The number of H-pyrrole nitrogens is 1. The highest BCUT2D eigenvalue weighted by Crippen LogP contribution is 2.04. The van der Waals surface area contributed by atoms with Gasteiger partial charge in [0.2, 0.25) is 0 Å². The van der Waals surface area contributed by atoms with Gasteiger partial charge >= 0.3 is 0 Å². The summed E-state index contributed by atoms with van der Waals surface area (Å²) in [7, 11) is 2.04. The van der Waals surface area contributed by atoms with E-state index in [1.54, 1.807) is 12.3 Å². The van der Waals surface area contributed by atoms with Crippen LogP contribution >= 0.6 is 0 Å². The van der Waals surface area contributed by atoms with Gasteiger partial charge in [-0.2, -0.15) is 0 Å². The lowest BCUT2D eigenvalue weighted by atomic mass is 10.1. The van der Waals surface area contributed by atoms with E-state index < -0.39 is 0 Å². The van der Waals surface area contributed by atoms with Crippen molar-refractivity contribution < 1.29 is 4.79 Å². The fraction of sp³-hybridized carbons (Fsp3) is 0.444. The second-order valence-electron chi connectivity index (χ2n) is 3.48. The molecule has 2 N–H and O–H groups in total. The van der Waals surface area contributed by atoms with Crippen molar-refractivity contribution in [2.45, 2.75) is 6.04 Å². The Morgan fingerprint density at radius 2 is 2.46 bits per heavy atom. The quantitative estimate of drug-likeness (QED) is 0.674. The van der Waals surface area contributed by atoms with Gasteiger partial charge < -0.3 is 15.2 Å². The number of hydrogen-bond acceptors (Lipinski definition) is 2. The summed E-state index contributed by atoms with van der Waals surface area (Å²) in [5, 5.41) is 2.94. The summed E-state index contributed by atoms with van der Waals surface area (Å²) >= 11 is 0. The fourth-order valence-corrected chi connectivity index (χ4v) is 1.52. The minimum atomic E-state index is -0.0110. The van der Waals surface area contributed by atoms with Gasteiger partial charge in [0.15, 0.2) is 0 Å². The topological polar surface area (TPSA) is 48.1 Å². The highest BCUT2D eigenvalue weighted by atomic mass is 16.2. The molecule has 4 heteroatoms. The Labute approximate surface area is 76.9 Å². The molecular weight excluding hydrogens is 166 g/mol. The van der Waals surface area contributed by atoms with Crippen LogP contribution in [0.4, 0.5) is 0 Å². The SMILES string of the molecule is CN1CC(NC(=O)c2ccc[nH]2)C1. The monoisotopic (exact) mass is 179 g/mol. The lowest BCUT2D eigenvalue weighted by Gasteiger charge is -2.36. The second kappa shape index (κ2) is 3.22. The van der Waals surface area contributed by atoms with E-state index in [0.29, 0.717) is 11.7 Å². The summed E-state index contributed by atoms with van der Waals surface area (Å²) in [6.45, 7) is 1.90. The molecule has 1 aliphatic rings. The number of likely N-dealkylation sites (tertiary alicyclic amines) is 1. The molecule has 0 aliphatic carbocycles. The molecule has 1 aromatic heterocycles. The van der Waals surface area contributed by atoms with Gasteiger partial charge in [0.25, 0.3) is 5.91 Å². The highest BCUT2D eigenvalue weighted by Gasteiger charge is 2.24. The molecule has 1 aromatic rings. The summed E-state index contributed by atoms with van der Waals surface area (Å²) < 4.78 is 0. The molecule has 2 rings (SSSR count). The number of hydrogen-bond donors (Lipinski definition) is 2. The first kappa shape index (κ1) is 8.31. The van der Waals surface area contributed by atoms with Crippen LogP contribution in [-0.4, -0.2) is 42.0 Å². The molecule has 1 amide bonds. The molecule has 2 heterocycles. The van der Waals surface area contributed by atoms with Gasteiger partial charge in [-0.05, 0) is 19.2 Å². The third-order valence-electron chi connectivity index (χ3n) is 2.24. The van der Waals surface area contributed by atoms with Crippen molar-refractivity contribution in [3.05, 3.63) is 24.0 Å². The zero-order valence-electron chi connectivity index (χ0n) is 7.58. The maximum Gasteiger partial charge on any atom is 0.267 e. The zero-order valence-corrected chi connectivity index (χ0v) is 7.58. The van der Waals surface area contributed by atoms with Gasteiger partial charge in [0.1, 0.15) is 5.69 Å². The third-order valence-corrected chi connectivity index (χ3v) is 2.24. The first-order valence-corrected chi connectivity index (χ1v) is 4.38. The molecule has 1 saturated heterocycles. The molecule has 0 saturated carbocycles. The van der Waals surface area contributed by atoms with Crippen LogP contribution in [0, 0.1) is 0 Å². The van der Waals surface area contributed by atoms with Gasteiger partial charge in [-0.1, -0.05) is 0 Å². The Hall–Kier alpha value is -1.29. The average Bonchev–Trinajstić information content (AvgIpc) is 2.53. The summed E-state index contributed by atoms with van der Waals surface area (Å²) in [5.41, 5.74) is 0.634. The number of aromatic nitrogens is 1. The number of rotatable bonds is 2. The van der Waals surface area contributed by atoms with E-state index in [1.165, 1.54) is 0 Å². The van der Waals surface area contributed by atoms with E-state index in [0.717, 1.165) is 13.1 Å². The van der Waals surface area contributed by atoms with Crippen LogP contribution in [0.25, 0.3) is 0 Å². The number of nitrogens with one attached hydrogen (secondary N) is 2. The van der Waals surface area contributed by atoms with Gasteiger partial charge in [0.05, 0.1) is 6.04 Å². The lowest BCUT2D eigenvalue weighted by Crippen LogP contribution is -2.57. The number of likely N-dealkylation sites (N-methyl/N-ethyl adjacent to an activating group) is 1. The van der Waals surface area contributed by atoms with Gasteiger partial charge in [-0.3, -0.25) is 4.79 Å². The third kappa shape index (κ3) is 1.72. The second-order valence-corrected chi connectivity index (χ2v) is 3.48. The van der Waals surface area contributed by atoms with Crippen LogP contribution in [-0.2, 0) is 0 Å². The Bertz CT molecular complexity index is 288. The van der Waals surface area contributed by atoms with Crippen molar-refractivity contribution in [1.82, 2.24) is 15.2 Å². The van der Waals surface area contributed by atoms with Crippen molar-refractivity contribution in [1.29, 1.82) is 0 Å². The van der Waals surface area contributed by atoms with Crippen LogP contribution in [0.2, 0.25) is 0 Å². The Morgan fingerprint density at radius 3 is 3.00 bits per heavy atom. The van der Waals surface area contributed by atoms with Crippen molar-refractivity contribution in [2.24, 2.45) is 0 Å². The van der Waals surface area contributed by atoms with Gasteiger partial charge in [-0.15, -0.1) is 0 Å². The van der Waals surface area contributed by atoms with Crippen LogP contribution in [0.3, 0.4) is 0 Å². The van der Waals surface area contributed by atoms with E-state index in [-0.39, 0.29) is 5.91 Å². The molecule has 0 radical (unpaired) electrons. The molecular formula is C9H13N3O. The molecule has 0 unspecified atom stereocenters. The minimum absolute atomic E-state index is 0.0110. The molecule has 0 spiro atoms. The predicted molar refractivity (Wildman–Crippen MR) is 49.5 cm³/mol. The molecule has 0 atom stereocenters. The fourth-order valence-electron chi connectivity index (χ4n) is 1.52. The Morgan fingerprint density at radius 1 is 1.69 bits per heavy atom. The van der Waals surface area contributed by atoms with Crippen molar-refractivity contribution in [2.75, 3.05) is 20.1 Å². The summed E-state index contributed by atoms with van der Waals surface area (Å²) in [4.78, 5) is 16.5. The Balaban J connectivity index is 1.86. The van der Waals surface area contributed by atoms with Crippen molar-refractivity contribution in [3.63, 3.8) is 0 Å². The van der Waals surface area contributed by atoms with E-state index in [2.05, 4.69) is 15.2 Å². The molecule has 0 aromatic carbocycles. The summed E-state index contributed by atoms with van der Waals surface area (Å²) in [5.74, 6) is -0.0110. The largest absolute Gasteiger partial charge is 0.357 e. The van der Waals surface area contributed by atoms with Crippen LogP contribution in [0.5, 0.6) is 0 Å². The van der Waals surface area contributed by atoms with Crippen molar-refractivity contribution >= 4 is 5.91 Å². The maximum atomic E-state index is 11.5. The molecule has 70 valence electrons. The number of aromatic amines is 1. The summed E-state index contributed by atoms with van der Waals surface area (Å²) in [6, 6.07) is 3.92. The Kier molecular flexibility index (Phi) is 2.06. The lowest BCUT2D eigenvalue weighted by molar-refractivity contribution is 0.0853. The first-order chi connectivity index (χ1) is 6.25. The minimum Gasteiger partial charge on any atom is -0.357 e. The highest BCUT2D eigenvalue weighted by molar-refractivity contribution is 5.92. The van der Waals surface area contributed by atoms with E-state index in [1.807, 2.05) is 13.1 Å². The number of carbonyl (C=O) groups excluding carboxylic acids is 1. The van der Waals surface area contributed by atoms with Crippen LogP contribution < -0.4 is 5.32 Å². The van der Waals surface area contributed by atoms with E-state index >= 15 is 0 Å². The molecule has 4 nitrogen and oxygen atoms in total. The van der Waals surface area contributed by atoms with Crippen LogP contribution in [0.15, 0.2) is 18.3 Å². The number of carbonyl (C=O) groups is 1. The van der Waals surface area contributed by atoms with Crippen molar-refractivity contribution in [3.8, 4) is 0 Å². The van der Waals surface area contributed by atoms with Gasteiger partial charge in [0, 0.05) is 19.3 Å². The van der Waals surface area contributed by atoms with Crippen LogP contribution in [0.1, 0.15) is 10.5 Å². The first-order valence-electron chi connectivity index (χ1n) is 4.38. The standard InChI is InChI=1S/C9H13N3O/c1-12-5-7(6-12)11-9(13)8-3-2-4-10-8/h2-4,7,10H,5-6H2,1H3,(H,11,13). The molecule has 1 aliphatic heterocycles. The molecule has 0 bridgehead atoms. The normalized spacial score (nSPS) is 18.2. The smallest absolute Gasteiger partial charge is 0.267 e. The molecule has 1 fully saturated rings. The van der Waals surface area contributed by atoms with E-state index in [9.17, 15) is 4.79 Å².